The fourth-order valence-electron chi connectivity index (χ4n) is 1.49. The third-order valence-corrected chi connectivity index (χ3v) is 4.08. The van der Waals surface area contributed by atoms with Crippen molar-refractivity contribution in [1.29, 1.82) is 0 Å². The molecule has 0 aliphatic carbocycles. The second kappa shape index (κ2) is 6.97. The minimum atomic E-state index is -3.32. The third kappa shape index (κ3) is 5.25. The molecule has 1 aromatic rings. The van der Waals surface area contributed by atoms with Crippen LogP contribution >= 0.6 is 11.6 Å². The van der Waals surface area contributed by atoms with E-state index in [2.05, 4.69) is 10.0 Å². The number of halogens is 1. The van der Waals surface area contributed by atoms with Crippen molar-refractivity contribution in [3.05, 3.63) is 28.8 Å². The van der Waals surface area contributed by atoms with Crippen LogP contribution in [-0.2, 0) is 10.0 Å². The Hall–Kier alpha value is -0.780. The van der Waals surface area contributed by atoms with Gasteiger partial charge >= 0.3 is 0 Å². The molecule has 1 aromatic carbocycles. The van der Waals surface area contributed by atoms with Crippen LogP contribution < -0.4 is 10.0 Å². The topological polar surface area (TPSA) is 58.2 Å². The molecule has 0 radical (unpaired) electrons. The van der Waals surface area contributed by atoms with Crippen molar-refractivity contribution in [1.82, 2.24) is 5.32 Å². The van der Waals surface area contributed by atoms with E-state index in [1.54, 1.807) is 12.1 Å². The number of hydrogen-bond donors (Lipinski definition) is 2. The summed E-state index contributed by atoms with van der Waals surface area (Å²) in [4.78, 5) is 0. The van der Waals surface area contributed by atoms with Gasteiger partial charge in [0.2, 0.25) is 10.0 Å². The number of aryl methyl sites for hydroxylation is 1. The van der Waals surface area contributed by atoms with E-state index in [4.69, 9.17) is 11.6 Å². The van der Waals surface area contributed by atoms with E-state index >= 15 is 0 Å². The van der Waals surface area contributed by atoms with Crippen LogP contribution in [0, 0.1) is 6.92 Å². The Morgan fingerprint density at radius 1 is 1.33 bits per heavy atom. The van der Waals surface area contributed by atoms with Gasteiger partial charge in [-0.3, -0.25) is 4.72 Å². The molecule has 0 bridgehead atoms. The number of benzene rings is 1. The minimum Gasteiger partial charge on any atom is -0.317 e. The number of anilines is 1. The Balaban J connectivity index is 2.59. The van der Waals surface area contributed by atoms with E-state index in [1.165, 1.54) is 0 Å². The van der Waals surface area contributed by atoms with Gasteiger partial charge in [0.25, 0.3) is 0 Å². The highest BCUT2D eigenvalue weighted by molar-refractivity contribution is 7.92. The van der Waals surface area contributed by atoms with Crippen molar-refractivity contribution in [2.45, 2.75) is 20.3 Å². The summed E-state index contributed by atoms with van der Waals surface area (Å²) < 4.78 is 26.1. The molecule has 2 N–H and O–H groups in total. The van der Waals surface area contributed by atoms with Crippen LogP contribution in [0.4, 0.5) is 5.69 Å². The van der Waals surface area contributed by atoms with E-state index in [0.717, 1.165) is 12.1 Å². The van der Waals surface area contributed by atoms with Crippen LogP contribution in [0.25, 0.3) is 0 Å². The lowest BCUT2D eigenvalue weighted by Crippen LogP contribution is -2.22. The van der Waals surface area contributed by atoms with Gasteiger partial charge in [0.15, 0.2) is 0 Å². The summed E-state index contributed by atoms with van der Waals surface area (Å²) in [5.41, 5.74) is 1.43. The second-order valence-electron chi connectivity index (χ2n) is 4.11. The van der Waals surface area contributed by atoms with Crippen LogP contribution in [0.2, 0.25) is 5.02 Å². The van der Waals surface area contributed by atoms with Gasteiger partial charge in [-0.1, -0.05) is 24.6 Å². The van der Waals surface area contributed by atoms with Gasteiger partial charge in [-0.25, -0.2) is 8.42 Å². The zero-order valence-corrected chi connectivity index (χ0v) is 12.2. The average molecular weight is 291 g/mol. The summed E-state index contributed by atoms with van der Waals surface area (Å²) >= 11 is 5.98. The molecule has 0 amide bonds. The fourth-order valence-corrected chi connectivity index (χ4v) is 2.96. The monoisotopic (exact) mass is 290 g/mol. The largest absolute Gasteiger partial charge is 0.317 e. The lowest BCUT2D eigenvalue weighted by Gasteiger charge is -2.10. The van der Waals surface area contributed by atoms with Crippen molar-refractivity contribution in [2.24, 2.45) is 0 Å². The normalized spacial score (nSPS) is 11.5. The standard InChI is InChI=1S/C12H19ClN2O2S/c1-3-14-7-4-8-18(16,17)15-12-6-5-10(2)9-11(12)13/h5-6,9,14-15H,3-4,7-8H2,1-2H3. The Kier molecular flexibility index (Phi) is 5.91. The smallest absolute Gasteiger partial charge is 0.232 e. The minimum absolute atomic E-state index is 0.0875. The second-order valence-corrected chi connectivity index (χ2v) is 6.36. The zero-order chi connectivity index (χ0) is 13.6. The molecule has 0 aliphatic heterocycles. The molecule has 102 valence electrons. The highest BCUT2D eigenvalue weighted by Gasteiger charge is 2.11. The van der Waals surface area contributed by atoms with Gasteiger partial charge in [-0.05, 0) is 44.1 Å². The maximum absolute atomic E-state index is 11.8. The molecular formula is C12H19ClN2O2S. The molecule has 0 saturated carbocycles. The van der Waals surface area contributed by atoms with Crippen LogP contribution in [-0.4, -0.2) is 27.3 Å². The molecule has 0 saturated heterocycles. The number of sulfonamides is 1. The van der Waals surface area contributed by atoms with Crippen molar-refractivity contribution in [2.75, 3.05) is 23.6 Å². The van der Waals surface area contributed by atoms with Gasteiger partial charge in [-0.2, -0.15) is 0 Å². The molecule has 0 unspecified atom stereocenters. The van der Waals surface area contributed by atoms with E-state index in [1.807, 2.05) is 19.9 Å². The van der Waals surface area contributed by atoms with E-state index < -0.39 is 10.0 Å². The van der Waals surface area contributed by atoms with Crippen LogP contribution in [0.1, 0.15) is 18.9 Å². The Bertz CT molecular complexity index is 489. The molecule has 6 heteroatoms. The molecule has 4 nitrogen and oxygen atoms in total. The molecule has 1 rings (SSSR count). The van der Waals surface area contributed by atoms with E-state index in [0.29, 0.717) is 23.7 Å². The molecule has 0 spiro atoms. The summed E-state index contributed by atoms with van der Waals surface area (Å²) in [5, 5.41) is 3.51. The van der Waals surface area contributed by atoms with E-state index in [-0.39, 0.29) is 5.75 Å². The first kappa shape index (κ1) is 15.3. The van der Waals surface area contributed by atoms with Crippen molar-refractivity contribution in [3.8, 4) is 0 Å². The average Bonchev–Trinajstić information content (AvgIpc) is 2.28. The SMILES string of the molecule is CCNCCCS(=O)(=O)Nc1ccc(C)cc1Cl. The summed E-state index contributed by atoms with van der Waals surface area (Å²) in [7, 11) is -3.32. The van der Waals surface area contributed by atoms with Gasteiger partial charge in [-0.15, -0.1) is 0 Å². The van der Waals surface area contributed by atoms with Crippen LogP contribution in [0.5, 0.6) is 0 Å². The van der Waals surface area contributed by atoms with Gasteiger partial charge in [0, 0.05) is 0 Å². The highest BCUT2D eigenvalue weighted by atomic mass is 35.5. The first-order valence-electron chi connectivity index (χ1n) is 5.92. The maximum Gasteiger partial charge on any atom is 0.232 e. The summed E-state index contributed by atoms with van der Waals surface area (Å²) in [6, 6.07) is 5.24. The van der Waals surface area contributed by atoms with Gasteiger partial charge in [0.1, 0.15) is 0 Å². The first-order chi connectivity index (χ1) is 8.44. The molecule has 0 fully saturated rings. The van der Waals surface area contributed by atoms with Crippen LogP contribution in [0.15, 0.2) is 18.2 Å². The predicted molar refractivity (Wildman–Crippen MR) is 76.8 cm³/mol. The molecule has 18 heavy (non-hydrogen) atoms. The molecule has 0 atom stereocenters. The van der Waals surface area contributed by atoms with Crippen molar-refractivity contribution < 1.29 is 8.42 Å². The highest BCUT2D eigenvalue weighted by Crippen LogP contribution is 2.23. The van der Waals surface area contributed by atoms with Crippen molar-refractivity contribution in [3.63, 3.8) is 0 Å². The molecule has 0 aromatic heterocycles. The summed E-state index contributed by atoms with van der Waals surface area (Å²) in [5.74, 6) is 0.0875. The molecule has 0 heterocycles. The summed E-state index contributed by atoms with van der Waals surface area (Å²) in [6.45, 7) is 5.43. The maximum atomic E-state index is 11.8. The quantitative estimate of drug-likeness (QED) is 0.758. The Labute approximate surface area is 114 Å². The summed E-state index contributed by atoms with van der Waals surface area (Å²) in [6.07, 6.45) is 0.576. The number of nitrogens with one attached hydrogen (secondary N) is 2. The molecule has 0 aliphatic rings. The predicted octanol–water partition coefficient (Wildman–Crippen LogP) is 2.39. The first-order valence-corrected chi connectivity index (χ1v) is 7.95. The number of rotatable bonds is 7. The number of hydrogen-bond acceptors (Lipinski definition) is 3. The van der Waals surface area contributed by atoms with Gasteiger partial charge in [0.05, 0.1) is 16.5 Å². The lowest BCUT2D eigenvalue weighted by atomic mass is 10.2. The van der Waals surface area contributed by atoms with Gasteiger partial charge < -0.3 is 5.32 Å². The molecular weight excluding hydrogens is 272 g/mol. The lowest BCUT2D eigenvalue weighted by molar-refractivity contribution is 0.595. The van der Waals surface area contributed by atoms with Crippen LogP contribution in [0.3, 0.4) is 0 Å². The fraction of sp³-hybridized carbons (Fsp3) is 0.500. The Morgan fingerprint density at radius 2 is 2.06 bits per heavy atom. The van der Waals surface area contributed by atoms with E-state index in [9.17, 15) is 8.42 Å². The van der Waals surface area contributed by atoms with Crippen molar-refractivity contribution >= 4 is 27.3 Å². The Morgan fingerprint density at radius 3 is 2.67 bits per heavy atom. The third-order valence-electron chi connectivity index (χ3n) is 2.41. The zero-order valence-electron chi connectivity index (χ0n) is 10.7.